The van der Waals surface area contributed by atoms with E-state index in [0.29, 0.717) is 6.42 Å². The number of sulfone groups is 1. The summed E-state index contributed by atoms with van der Waals surface area (Å²) >= 11 is 0. The molecule has 0 aromatic rings. The molecule has 2 unspecified atom stereocenters. The first-order valence-electron chi connectivity index (χ1n) is 6.13. The Hall–Kier alpha value is -1.75. The number of carbonyl (C=O) groups excluding carboxylic acids is 1. The van der Waals surface area contributed by atoms with E-state index in [2.05, 4.69) is 16.6 Å². The molecular weight excluding hydrogens is 284 g/mol. The Kier molecular flexibility index (Phi) is 7.69. The van der Waals surface area contributed by atoms with Crippen LogP contribution in [0.25, 0.3) is 0 Å². The molecular formula is C12H20N2O5S. The number of hydrogen-bond acceptors (Lipinski definition) is 4. The van der Waals surface area contributed by atoms with Crippen molar-refractivity contribution in [2.75, 3.05) is 12.0 Å². The van der Waals surface area contributed by atoms with Gasteiger partial charge in [-0.25, -0.2) is 18.0 Å². The topological polar surface area (TPSA) is 113 Å². The third kappa shape index (κ3) is 8.37. The first-order chi connectivity index (χ1) is 9.19. The van der Waals surface area contributed by atoms with E-state index >= 15 is 0 Å². The molecule has 0 aliphatic rings. The Bertz CT molecular complexity index is 481. The number of carbonyl (C=O) groups is 2. The van der Waals surface area contributed by atoms with Crippen LogP contribution in [0, 0.1) is 12.3 Å². The van der Waals surface area contributed by atoms with Crippen molar-refractivity contribution >= 4 is 21.8 Å². The maximum absolute atomic E-state index is 11.6. The van der Waals surface area contributed by atoms with E-state index < -0.39 is 33.9 Å². The predicted octanol–water partition coefficient (Wildman–Crippen LogP) is -0.0246. The summed E-state index contributed by atoms with van der Waals surface area (Å²) in [6.07, 6.45) is 7.37. The van der Waals surface area contributed by atoms with Crippen LogP contribution in [0.3, 0.4) is 0 Å². The van der Waals surface area contributed by atoms with E-state index in [-0.39, 0.29) is 12.2 Å². The van der Waals surface area contributed by atoms with Gasteiger partial charge in [0, 0.05) is 6.26 Å². The second-order valence-electron chi connectivity index (χ2n) is 4.44. The molecule has 0 aliphatic heterocycles. The van der Waals surface area contributed by atoms with E-state index in [1.54, 1.807) is 0 Å². The summed E-state index contributed by atoms with van der Waals surface area (Å²) in [5.74, 6) is 0.761. The zero-order chi connectivity index (χ0) is 15.8. The monoisotopic (exact) mass is 304 g/mol. The van der Waals surface area contributed by atoms with Gasteiger partial charge < -0.3 is 15.7 Å². The highest BCUT2D eigenvalue weighted by Gasteiger charge is 2.22. The lowest BCUT2D eigenvalue weighted by Crippen LogP contribution is -2.49. The van der Waals surface area contributed by atoms with Crippen molar-refractivity contribution in [1.82, 2.24) is 10.6 Å². The van der Waals surface area contributed by atoms with Gasteiger partial charge in [0.25, 0.3) is 0 Å². The molecule has 0 rings (SSSR count). The van der Waals surface area contributed by atoms with Crippen molar-refractivity contribution in [1.29, 1.82) is 0 Å². The number of aliphatic carboxylic acids is 1. The number of carboxylic acid groups (broad SMARTS) is 1. The van der Waals surface area contributed by atoms with Gasteiger partial charge in [-0.3, -0.25) is 0 Å². The maximum Gasteiger partial charge on any atom is 0.326 e. The summed E-state index contributed by atoms with van der Waals surface area (Å²) < 4.78 is 22.0. The highest BCUT2D eigenvalue weighted by Crippen LogP contribution is 1.99. The lowest BCUT2D eigenvalue weighted by Gasteiger charge is -2.17. The van der Waals surface area contributed by atoms with Crippen molar-refractivity contribution in [2.45, 2.75) is 38.3 Å². The molecule has 0 aromatic carbocycles. The van der Waals surface area contributed by atoms with Crippen LogP contribution in [0.5, 0.6) is 0 Å². The second-order valence-corrected chi connectivity index (χ2v) is 6.69. The van der Waals surface area contributed by atoms with Crippen LogP contribution in [-0.4, -0.2) is 49.6 Å². The Morgan fingerprint density at radius 3 is 2.30 bits per heavy atom. The summed E-state index contributed by atoms with van der Waals surface area (Å²) in [7, 11) is -3.29. The fourth-order valence-corrected chi connectivity index (χ4v) is 2.10. The van der Waals surface area contributed by atoms with Crippen LogP contribution >= 0.6 is 0 Å². The largest absolute Gasteiger partial charge is 0.480 e. The molecule has 8 heteroatoms. The van der Waals surface area contributed by atoms with Gasteiger partial charge in [-0.2, -0.15) is 0 Å². The summed E-state index contributed by atoms with van der Waals surface area (Å²) in [5.41, 5.74) is 0. The van der Waals surface area contributed by atoms with E-state index in [0.717, 1.165) is 12.7 Å². The number of carboxylic acids is 1. The van der Waals surface area contributed by atoms with Gasteiger partial charge in [0.2, 0.25) is 0 Å². The fourth-order valence-electron chi connectivity index (χ4n) is 1.43. The average molecular weight is 304 g/mol. The first kappa shape index (κ1) is 18.2. The van der Waals surface area contributed by atoms with Crippen molar-refractivity contribution < 1.29 is 23.1 Å². The fraction of sp³-hybridized carbons (Fsp3) is 0.667. The van der Waals surface area contributed by atoms with E-state index in [4.69, 9.17) is 11.5 Å². The number of hydrogen-bond donors (Lipinski definition) is 3. The Balaban J connectivity index is 4.49. The summed E-state index contributed by atoms with van der Waals surface area (Å²) in [4.78, 5) is 22.6. The molecule has 0 spiro atoms. The van der Waals surface area contributed by atoms with E-state index in [1.807, 2.05) is 6.92 Å². The van der Waals surface area contributed by atoms with Gasteiger partial charge in [-0.1, -0.05) is 19.3 Å². The Morgan fingerprint density at radius 2 is 1.90 bits per heavy atom. The molecule has 0 fully saturated rings. The number of amides is 2. The molecule has 0 heterocycles. The van der Waals surface area contributed by atoms with Gasteiger partial charge in [0.15, 0.2) is 0 Å². The number of urea groups is 1. The number of rotatable bonds is 8. The minimum atomic E-state index is -3.29. The highest BCUT2D eigenvalue weighted by molar-refractivity contribution is 7.90. The van der Waals surface area contributed by atoms with Crippen molar-refractivity contribution in [2.24, 2.45) is 0 Å². The number of terminal acetylenes is 1. The minimum absolute atomic E-state index is 0.198. The van der Waals surface area contributed by atoms with Crippen LogP contribution < -0.4 is 10.6 Å². The van der Waals surface area contributed by atoms with Crippen LogP contribution in [0.2, 0.25) is 0 Å². The molecule has 0 aliphatic carbocycles. The SMILES string of the molecule is C#CC(CCC)NC(=O)NC(CCS(C)(=O)=O)C(=O)O. The minimum Gasteiger partial charge on any atom is -0.480 e. The molecule has 0 saturated carbocycles. The second kappa shape index (κ2) is 8.43. The van der Waals surface area contributed by atoms with Crippen molar-refractivity contribution in [3.8, 4) is 12.3 Å². The van der Waals surface area contributed by atoms with Gasteiger partial charge in [-0.15, -0.1) is 6.42 Å². The molecule has 114 valence electrons. The van der Waals surface area contributed by atoms with Crippen LogP contribution in [0.4, 0.5) is 4.79 Å². The standard InChI is InChI=1S/C12H20N2O5S/c1-4-6-9(5-2)13-12(17)14-10(11(15)16)7-8-20(3,18)19/h2,9-10H,4,6-8H2,1,3H3,(H,15,16)(H2,13,14,17). The van der Waals surface area contributed by atoms with Gasteiger partial charge in [-0.05, 0) is 12.8 Å². The van der Waals surface area contributed by atoms with Crippen LogP contribution in [0.1, 0.15) is 26.2 Å². The highest BCUT2D eigenvalue weighted by atomic mass is 32.2. The maximum atomic E-state index is 11.6. The van der Waals surface area contributed by atoms with Gasteiger partial charge in [0.1, 0.15) is 15.9 Å². The molecule has 0 bridgehead atoms. The van der Waals surface area contributed by atoms with E-state index in [1.165, 1.54) is 0 Å². The third-order valence-electron chi connectivity index (χ3n) is 2.46. The third-order valence-corrected chi connectivity index (χ3v) is 3.44. The van der Waals surface area contributed by atoms with Crippen molar-refractivity contribution in [3.05, 3.63) is 0 Å². The number of nitrogens with one attached hydrogen (secondary N) is 2. The lowest BCUT2D eigenvalue weighted by molar-refractivity contribution is -0.139. The molecule has 3 N–H and O–H groups in total. The molecule has 2 amide bonds. The quantitative estimate of drug-likeness (QED) is 0.545. The van der Waals surface area contributed by atoms with E-state index in [9.17, 15) is 18.0 Å². The molecule has 0 radical (unpaired) electrons. The Labute approximate surface area is 119 Å². The smallest absolute Gasteiger partial charge is 0.326 e. The zero-order valence-electron chi connectivity index (χ0n) is 11.5. The van der Waals surface area contributed by atoms with Gasteiger partial charge in [0.05, 0.1) is 11.8 Å². The Morgan fingerprint density at radius 1 is 1.30 bits per heavy atom. The predicted molar refractivity (Wildman–Crippen MR) is 74.9 cm³/mol. The zero-order valence-corrected chi connectivity index (χ0v) is 12.4. The summed E-state index contributed by atoms with van der Waals surface area (Å²) in [5, 5.41) is 13.6. The van der Waals surface area contributed by atoms with Crippen LogP contribution in [-0.2, 0) is 14.6 Å². The molecule has 0 aromatic heterocycles. The molecule has 7 nitrogen and oxygen atoms in total. The lowest BCUT2D eigenvalue weighted by atomic mass is 10.2. The van der Waals surface area contributed by atoms with Crippen molar-refractivity contribution in [3.63, 3.8) is 0 Å². The molecule has 20 heavy (non-hydrogen) atoms. The normalized spacial score (nSPS) is 13.8. The summed E-state index contributed by atoms with van der Waals surface area (Å²) in [6.45, 7) is 1.90. The molecule has 2 atom stereocenters. The van der Waals surface area contributed by atoms with Gasteiger partial charge >= 0.3 is 12.0 Å². The first-order valence-corrected chi connectivity index (χ1v) is 8.19. The van der Waals surface area contributed by atoms with Crippen LogP contribution in [0.15, 0.2) is 0 Å². The average Bonchev–Trinajstić information content (AvgIpc) is 2.32. The summed E-state index contributed by atoms with van der Waals surface area (Å²) in [6, 6.07) is -2.48. The molecule has 0 saturated heterocycles.